The van der Waals surface area contributed by atoms with Crippen LogP contribution in [0.2, 0.25) is 0 Å². The molecule has 0 aliphatic carbocycles. The van der Waals surface area contributed by atoms with Gasteiger partial charge in [-0.2, -0.15) is 0 Å². The van der Waals surface area contributed by atoms with Gasteiger partial charge in [0, 0.05) is 31.6 Å². The van der Waals surface area contributed by atoms with Crippen molar-refractivity contribution in [3.05, 3.63) is 30.4 Å². The first kappa shape index (κ1) is 11.9. The lowest BCUT2D eigenvalue weighted by Crippen LogP contribution is -2.40. The second-order valence-corrected chi connectivity index (χ2v) is 4.58. The number of hydrogen-bond donors (Lipinski definition) is 1. The van der Waals surface area contributed by atoms with Crippen molar-refractivity contribution in [2.75, 3.05) is 0 Å². The van der Waals surface area contributed by atoms with Crippen LogP contribution in [0.25, 0.3) is 0 Å². The van der Waals surface area contributed by atoms with Gasteiger partial charge in [0.1, 0.15) is 5.82 Å². The van der Waals surface area contributed by atoms with E-state index >= 15 is 0 Å². The molecule has 1 aliphatic heterocycles. The van der Waals surface area contributed by atoms with Crippen molar-refractivity contribution in [2.24, 2.45) is 0 Å². The third-order valence-corrected chi connectivity index (χ3v) is 3.05. The summed E-state index contributed by atoms with van der Waals surface area (Å²) in [6, 6.07) is 0.244. The molecule has 1 aromatic rings. The molecule has 1 unspecified atom stereocenters. The first-order valence-corrected chi connectivity index (χ1v) is 6.12. The fourth-order valence-corrected chi connectivity index (χ4v) is 2.24. The number of rotatable bonds is 4. The molecule has 0 radical (unpaired) electrons. The molecule has 17 heavy (non-hydrogen) atoms. The van der Waals surface area contributed by atoms with Crippen LogP contribution in [0.4, 0.5) is 0 Å². The lowest BCUT2D eigenvalue weighted by Gasteiger charge is -2.24. The van der Waals surface area contributed by atoms with Crippen LogP contribution in [0.3, 0.4) is 0 Å². The second-order valence-electron chi connectivity index (χ2n) is 4.58. The van der Waals surface area contributed by atoms with Gasteiger partial charge in [0.05, 0.1) is 5.69 Å². The van der Waals surface area contributed by atoms with Crippen molar-refractivity contribution in [1.82, 2.24) is 14.9 Å². The number of aromatic nitrogens is 2. The van der Waals surface area contributed by atoms with E-state index in [1.54, 1.807) is 6.08 Å². The maximum Gasteiger partial charge on any atom is 0.220 e. The second kappa shape index (κ2) is 5.17. The van der Waals surface area contributed by atoms with Crippen molar-refractivity contribution in [3.8, 4) is 0 Å². The Balaban J connectivity index is 1.89. The number of amides is 1. The molecule has 0 fully saturated rings. The topological polar surface area (TPSA) is 46.9 Å². The van der Waals surface area contributed by atoms with E-state index in [1.807, 2.05) is 6.92 Å². The van der Waals surface area contributed by atoms with Gasteiger partial charge in [-0.15, -0.1) is 6.58 Å². The van der Waals surface area contributed by atoms with E-state index < -0.39 is 0 Å². The van der Waals surface area contributed by atoms with E-state index in [-0.39, 0.29) is 11.9 Å². The minimum atomic E-state index is 0.121. The number of nitrogens with one attached hydrogen (secondary N) is 1. The molecule has 0 spiro atoms. The van der Waals surface area contributed by atoms with Crippen molar-refractivity contribution in [1.29, 1.82) is 0 Å². The van der Waals surface area contributed by atoms with Gasteiger partial charge in [-0.05, 0) is 19.8 Å². The van der Waals surface area contributed by atoms with E-state index in [1.165, 1.54) is 0 Å². The summed E-state index contributed by atoms with van der Waals surface area (Å²) in [4.78, 5) is 16.1. The molecule has 1 atom stereocenters. The molecule has 1 amide bonds. The number of nitrogens with zero attached hydrogens (tertiary/aromatic N) is 2. The van der Waals surface area contributed by atoms with Gasteiger partial charge in [-0.3, -0.25) is 4.79 Å². The van der Waals surface area contributed by atoms with E-state index in [2.05, 4.69) is 27.6 Å². The first-order valence-electron chi connectivity index (χ1n) is 6.12. The fourth-order valence-electron chi connectivity index (χ4n) is 2.24. The van der Waals surface area contributed by atoms with E-state index in [0.717, 1.165) is 37.3 Å². The third kappa shape index (κ3) is 2.96. The Morgan fingerprint density at radius 3 is 3.35 bits per heavy atom. The predicted molar refractivity (Wildman–Crippen MR) is 66.6 cm³/mol. The minimum Gasteiger partial charge on any atom is -0.352 e. The van der Waals surface area contributed by atoms with Crippen LogP contribution in [0.5, 0.6) is 0 Å². The third-order valence-electron chi connectivity index (χ3n) is 3.05. The molecule has 2 rings (SSSR count). The molecule has 1 N–H and O–H groups in total. The monoisotopic (exact) mass is 233 g/mol. The predicted octanol–water partition coefficient (Wildman–Crippen LogP) is 1.59. The normalized spacial score (nSPS) is 18.5. The smallest absolute Gasteiger partial charge is 0.220 e. The van der Waals surface area contributed by atoms with E-state index in [4.69, 9.17) is 0 Å². The Hall–Kier alpha value is -1.58. The largest absolute Gasteiger partial charge is 0.352 e. The molecular weight excluding hydrogens is 214 g/mol. The van der Waals surface area contributed by atoms with Crippen LogP contribution in [0.15, 0.2) is 18.9 Å². The van der Waals surface area contributed by atoms with Gasteiger partial charge in [0.15, 0.2) is 0 Å². The lowest BCUT2D eigenvalue weighted by molar-refractivity contribution is -0.121. The summed E-state index contributed by atoms with van der Waals surface area (Å²) in [5.41, 5.74) is 1.05. The Labute approximate surface area is 102 Å². The summed E-state index contributed by atoms with van der Waals surface area (Å²) in [6.45, 7) is 6.47. The number of hydrogen-bond acceptors (Lipinski definition) is 2. The van der Waals surface area contributed by atoms with Crippen LogP contribution in [0, 0.1) is 6.92 Å². The highest BCUT2D eigenvalue weighted by molar-refractivity contribution is 5.76. The zero-order chi connectivity index (χ0) is 12.3. The highest BCUT2D eigenvalue weighted by Gasteiger charge is 2.20. The molecule has 2 heterocycles. The zero-order valence-corrected chi connectivity index (χ0v) is 10.3. The van der Waals surface area contributed by atoms with Crippen molar-refractivity contribution in [2.45, 2.75) is 45.2 Å². The number of carbonyl (C=O) groups excluding carboxylic acids is 1. The number of carbonyl (C=O) groups is 1. The molecule has 0 aromatic carbocycles. The average Bonchev–Trinajstić information content (AvgIpc) is 2.65. The molecule has 4 heteroatoms. The van der Waals surface area contributed by atoms with Crippen LogP contribution < -0.4 is 5.32 Å². The molecule has 0 bridgehead atoms. The summed E-state index contributed by atoms with van der Waals surface area (Å²) in [7, 11) is 0. The zero-order valence-electron chi connectivity index (χ0n) is 10.3. The summed E-state index contributed by atoms with van der Waals surface area (Å²) in [6.07, 6.45) is 7.04. The van der Waals surface area contributed by atoms with Gasteiger partial charge in [0.25, 0.3) is 0 Å². The number of imidazole rings is 1. The average molecular weight is 233 g/mol. The van der Waals surface area contributed by atoms with Crippen LogP contribution >= 0.6 is 0 Å². The molecule has 92 valence electrons. The van der Waals surface area contributed by atoms with Crippen molar-refractivity contribution in [3.63, 3.8) is 0 Å². The van der Waals surface area contributed by atoms with Crippen LogP contribution in [0.1, 0.15) is 30.8 Å². The van der Waals surface area contributed by atoms with E-state index in [9.17, 15) is 4.79 Å². The number of fused-ring (bicyclic) bond motifs is 1. The van der Waals surface area contributed by atoms with Crippen molar-refractivity contribution < 1.29 is 4.79 Å². The summed E-state index contributed by atoms with van der Waals surface area (Å²) >= 11 is 0. The van der Waals surface area contributed by atoms with Gasteiger partial charge in [-0.1, -0.05) is 6.08 Å². The van der Waals surface area contributed by atoms with Gasteiger partial charge < -0.3 is 9.88 Å². The first-order chi connectivity index (χ1) is 8.19. The fraction of sp³-hybridized carbons (Fsp3) is 0.538. The molecular formula is C13H19N3O. The standard InChI is InChI=1S/C13H19N3O/c1-3-4-5-13(17)15-11-6-7-12-14-10(2)8-16(12)9-11/h3,8,11H,1,4-7,9H2,2H3,(H,15,17). The van der Waals surface area contributed by atoms with Crippen LogP contribution in [-0.2, 0) is 17.8 Å². The highest BCUT2D eigenvalue weighted by Crippen LogP contribution is 2.15. The molecule has 0 saturated carbocycles. The van der Waals surface area contributed by atoms with Crippen molar-refractivity contribution >= 4 is 5.91 Å². The quantitative estimate of drug-likeness (QED) is 0.803. The number of allylic oxidation sites excluding steroid dienone is 1. The summed E-state index contributed by atoms with van der Waals surface area (Å²) in [5.74, 6) is 1.26. The van der Waals surface area contributed by atoms with Gasteiger partial charge in [-0.25, -0.2) is 4.98 Å². The highest BCUT2D eigenvalue weighted by atomic mass is 16.1. The van der Waals surface area contributed by atoms with Gasteiger partial charge in [0.2, 0.25) is 5.91 Å². The molecule has 0 saturated heterocycles. The lowest BCUT2D eigenvalue weighted by atomic mass is 10.1. The Kier molecular flexibility index (Phi) is 3.61. The molecule has 1 aliphatic rings. The summed E-state index contributed by atoms with van der Waals surface area (Å²) in [5, 5.41) is 3.07. The summed E-state index contributed by atoms with van der Waals surface area (Å²) < 4.78 is 2.15. The Morgan fingerprint density at radius 1 is 1.76 bits per heavy atom. The van der Waals surface area contributed by atoms with E-state index in [0.29, 0.717) is 6.42 Å². The number of aryl methyl sites for hydroxylation is 2. The Bertz CT molecular complexity index is 422. The van der Waals surface area contributed by atoms with Gasteiger partial charge >= 0.3 is 0 Å². The maximum absolute atomic E-state index is 11.6. The molecule has 1 aromatic heterocycles. The minimum absolute atomic E-state index is 0.121. The molecule has 4 nitrogen and oxygen atoms in total. The SMILES string of the molecule is C=CCCC(=O)NC1CCc2nc(C)cn2C1. The Morgan fingerprint density at radius 2 is 2.59 bits per heavy atom. The maximum atomic E-state index is 11.6. The van der Waals surface area contributed by atoms with Crippen LogP contribution in [-0.4, -0.2) is 21.5 Å².